The number of piperazine rings is 1. The molecule has 5 amide bonds. The van der Waals surface area contributed by atoms with Gasteiger partial charge in [0.25, 0.3) is 5.91 Å². The minimum Gasteiger partial charge on any atom is -0.336 e. The Hall–Kier alpha value is -2.58. The van der Waals surface area contributed by atoms with E-state index in [9.17, 15) is 14.4 Å². The van der Waals surface area contributed by atoms with Crippen LogP contribution in [0.5, 0.6) is 0 Å². The highest BCUT2D eigenvalue weighted by atomic mass is 16.2. The van der Waals surface area contributed by atoms with Gasteiger partial charge in [-0.2, -0.15) is 5.10 Å². The zero-order valence-electron chi connectivity index (χ0n) is 14.1. The first-order chi connectivity index (χ1) is 12.1. The zero-order valence-corrected chi connectivity index (χ0v) is 14.1. The number of aryl methyl sites for hydroxylation is 2. The molecule has 3 aliphatic rings. The lowest BCUT2D eigenvalue weighted by Gasteiger charge is -2.35. The van der Waals surface area contributed by atoms with E-state index >= 15 is 0 Å². The Labute approximate surface area is 145 Å². The van der Waals surface area contributed by atoms with E-state index < -0.39 is 0 Å². The number of hydrogen-bond acceptors (Lipinski definition) is 4. The SMILES string of the molecule is O=C(c1cc2n(n1)CCCC2)N1CCN(C(=O)N2CCNC2=O)CC1. The van der Waals surface area contributed by atoms with Crippen molar-refractivity contribution in [3.05, 3.63) is 17.5 Å². The highest BCUT2D eigenvalue weighted by Crippen LogP contribution is 2.17. The van der Waals surface area contributed by atoms with Gasteiger partial charge in [0.2, 0.25) is 0 Å². The molecule has 0 bridgehead atoms. The summed E-state index contributed by atoms with van der Waals surface area (Å²) in [7, 11) is 0. The van der Waals surface area contributed by atoms with Gasteiger partial charge in [0.05, 0.1) is 0 Å². The average molecular weight is 346 g/mol. The van der Waals surface area contributed by atoms with Crippen LogP contribution in [0.2, 0.25) is 0 Å². The average Bonchev–Trinajstić information content (AvgIpc) is 3.26. The number of nitrogens with one attached hydrogen (secondary N) is 1. The van der Waals surface area contributed by atoms with Crippen LogP contribution in [0, 0.1) is 0 Å². The van der Waals surface area contributed by atoms with Crippen molar-refractivity contribution in [3.8, 4) is 0 Å². The summed E-state index contributed by atoms with van der Waals surface area (Å²) in [6.45, 7) is 3.56. The number of rotatable bonds is 1. The Kier molecular flexibility index (Phi) is 4.06. The summed E-state index contributed by atoms with van der Waals surface area (Å²) in [6, 6.07) is 1.28. The molecule has 0 saturated carbocycles. The van der Waals surface area contributed by atoms with Crippen molar-refractivity contribution in [1.82, 2.24) is 29.8 Å². The molecular formula is C16H22N6O3. The van der Waals surface area contributed by atoms with E-state index in [1.807, 2.05) is 10.7 Å². The van der Waals surface area contributed by atoms with Crippen LogP contribution in [0.3, 0.4) is 0 Å². The summed E-state index contributed by atoms with van der Waals surface area (Å²) < 4.78 is 1.93. The predicted molar refractivity (Wildman–Crippen MR) is 88.1 cm³/mol. The van der Waals surface area contributed by atoms with Gasteiger partial charge < -0.3 is 15.1 Å². The fourth-order valence-corrected chi connectivity index (χ4v) is 3.61. The molecule has 0 atom stereocenters. The Morgan fingerprint density at radius 2 is 1.76 bits per heavy atom. The number of amides is 5. The minimum atomic E-state index is -0.341. The fourth-order valence-electron chi connectivity index (χ4n) is 3.61. The first-order valence-electron chi connectivity index (χ1n) is 8.84. The lowest BCUT2D eigenvalue weighted by molar-refractivity contribution is 0.0643. The maximum Gasteiger partial charge on any atom is 0.328 e. The van der Waals surface area contributed by atoms with E-state index in [-0.39, 0.29) is 18.0 Å². The largest absolute Gasteiger partial charge is 0.336 e. The van der Waals surface area contributed by atoms with Crippen LogP contribution < -0.4 is 5.32 Å². The van der Waals surface area contributed by atoms with E-state index in [2.05, 4.69) is 10.4 Å². The summed E-state index contributed by atoms with van der Waals surface area (Å²) in [5.41, 5.74) is 1.62. The smallest absolute Gasteiger partial charge is 0.328 e. The van der Waals surface area contributed by atoms with Gasteiger partial charge in [-0.3, -0.25) is 9.48 Å². The third-order valence-corrected chi connectivity index (χ3v) is 5.06. The van der Waals surface area contributed by atoms with Gasteiger partial charge in [-0.05, 0) is 25.3 Å². The molecule has 2 saturated heterocycles. The molecule has 1 aromatic rings. The molecule has 25 heavy (non-hydrogen) atoms. The van der Waals surface area contributed by atoms with Crippen molar-refractivity contribution < 1.29 is 14.4 Å². The maximum atomic E-state index is 12.7. The van der Waals surface area contributed by atoms with Gasteiger partial charge in [0, 0.05) is 51.5 Å². The second kappa shape index (κ2) is 6.38. The second-order valence-electron chi connectivity index (χ2n) is 6.65. The topological polar surface area (TPSA) is 90.8 Å². The van der Waals surface area contributed by atoms with Gasteiger partial charge in [-0.15, -0.1) is 0 Å². The molecule has 1 aromatic heterocycles. The van der Waals surface area contributed by atoms with Crippen LogP contribution in [0.25, 0.3) is 0 Å². The first-order valence-corrected chi connectivity index (χ1v) is 8.84. The number of carbonyl (C=O) groups excluding carboxylic acids is 3. The minimum absolute atomic E-state index is 0.0760. The van der Waals surface area contributed by atoms with Crippen molar-refractivity contribution in [2.24, 2.45) is 0 Å². The molecule has 2 fully saturated rings. The monoisotopic (exact) mass is 346 g/mol. The van der Waals surface area contributed by atoms with E-state index in [1.165, 1.54) is 4.90 Å². The summed E-state index contributed by atoms with van der Waals surface area (Å²) in [4.78, 5) is 41.2. The molecule has 4 heterocycles. The molecule has 0 unspecified atom stereocenters. The van der Waals surface area contributed by atoms with Crippen molar-refractivity contribution in [2.45, 2.75) is 25.8 Å². The number of carbonyl (C=O) groups is 3. The Morgan fingerprint density at radius 1 is 1.00 bits per heavy atom. The predicted octanol–water partition coefficient (Wildman–Crippen LogP) is 0.122. The standard InChI is InChI=1S/C16H22N6O3/c23-14(13-11-12-3-1-2-5-22(12)18-13)19-7-9-20(10-8-19)16(25)21-6-4-17-15(21)24/h11H,1-10H2,(H,17,24). The maximum absolute atomic E-state index is 12.7. The summed E-state index contributed by atoms with van der Waals surface area (Å²) in [5, 5.41) is 7.06. The number of urea groups is 2. The normalized spacial score (nSPS) is 20.5. The van der Waals surface area contributed by atoms with Gasteiger partial charge >= 0.3 is 12.1 Å². The molecular weight excluding hydrogens is 324 g/mol. The van der Waals surface area contributed by atoms with Crippen LogP contribution in [-0.2, 0) is 13.0 Å². The van der Waals surface area contributed by atoms with Gasteiger partial charge in [-0.25, -0.2) is 14.5 Å². The molecule has 0 radical (unpaired) electrons. The molecule has 134 valence electrons. The molecule has 0 aromatic carbocycles. The molecule has 0 spiro atoms. The Morgan fingerprint density at radius 3 is 2.44 bits per heavy atom. The van der Waals surface area contributed by atoms with Crippen molar-refractivity contribution in [2.75, 3.05) is 39.3 Å². The molecule has 9 nitrogen and oxygen atoms in total. The van der Waals surface area contributed by atoms with Gasteiger partial charge in [-0.1, -0.05) is 0 Å². The second-order valence-corrected chi connectivity index (χ2v) is 6.65. The Balaban J connectivity index is 1.36. The number of aromatic nitrogens is 2. The first kappa shape index (κ1) is 15.9. The Bertz CT molecular complexity index is 683. The fraction of sp³-hybridized carbons (Fsp3) is 0.625. The number of fused-ring (bicyclic) bond motifs is 1. The number of nitrogens with zero attached hydrogens (tertiary/aromatic N) is 5. The van der Waals surface area contributed by atoms with Crippen LogP contribution in [-0.4, -0.2) is 81.7 Å². The van der Waals surface area contributed by atoms with E-state index in [0.29, 0.717) is 45.0 Å². The lowest BCUT2D eigenvalue weighted by atomic mass is 10.1. The van der Waals surface area contributed by atoms with E-state index in [0.717, 1.165) is 31.5 Å². The summed E-state index contributed by atoms with van der Waals surface area (Å²) in [6.07, 6.45) is 3.22. The van der Waals surface area contributed by atoms with Crippen LogP contribution in [0.4, 0.5) is 9.59 Å². The molecule has 9 heteroatoms. The molecule has 3 aliphatic heterocycles. The van der Waals surface area contributed by atoms with E-state index in [1.54, 1.807) is 9.80 Å². The number of hydrogen-bond donors (Lipinski definition) is 1. The molecule has 1 N–H and O–H groups in total. The molecule has 0 aliphatic carbocycles. The summed E-state index contributed by atoms with van der Waals surface area (Å²) >= 11 is 0. The van der Waals surface area contributed by atoms with Crippen molar-refractivity contribution in [3.63, 3.8) is 0 Å². The zero-order chi connectivity index (χ0) is 17.4. The van der Waals surface area contributed by atoms with Gasteiger partial charge in [0.1, 0.15) is 0 Å². The third kappa shape index (κ3) is 2.94. The van der Waals surface area contributed by atoms with Crippen LogP contribution in [0.15, 0.2) is 6.07 Å². The highest BCUT2D eigenvalue weighted by Gasteiger charge is 2.33. The van der Waals surface area contributed by atoms with Crippen LogP contribution >= 0.6 is 0 Å². The summed E-state index contributed by atoms with van der Waals surface area (Å²) in [5.74, 6) is -0.0760. The third-order valence-electron chi connectivity index (χ3n) is 5.06. The molecule has 4 rings (SSSR count). The number of imide groups is 1. The van der Waals surface area contributed by atoms with Gasteiger partial charge in [0.15, 0.2) is 5.69 Å². The van der Waals surface area contributed by atoms with Crippen molar-refractivity contribution >= 4 is 18.0 Å². The lowest BCUT2D eigenvalue weighted by Crippen LogP contribution is -2.54. The van der Waals surface area contributed by atoms with E-state index in [4.69, 9.17) is 0 Å². The highest BCUT2D eigenvalue weighted by molar-refractivity contribution is 5.95. The quantitative estimate of drug-likeness (QED) is 0.782. The van der Waals surface area contributed by atoms with Crippen LogP contribution in [0.1, 0.15) is 29.0 Å². The van der Waals surface area contributed by atoms with Crippen molar-refractivity contribution in [1.29, 1.82) is 0 Å².